The van der Waals surface area contributed by atoms with Gasteiger partial charge >= 0.3 is 5.97 Å². The Morgan fingerprint density at radius 3 is 2.19 bits per heavy atom. The van der Waals surface area contributed by atoms with E-state index >= 15 is 0 Å². The number of amides is 2. The van der Waals surface area contributed by atoms with Crippen molar-refractivity contribution < 1.29 is 36.7 Å². The summed E-state index contributed by atoms with van der Waals surface area (Å²) in [5.41, 5.74) is 0.694. The fourth-order valence-corrected chi connectivity index (χ4v) is 7.69. The van der Waals surface area contributed by atoms with E-state index < -0.39 is 57.7 Å². The topological polar surface area (TPSA) is 115 Å². The van der Waals surface area contributed by atoms with Gasteiger partial charge in [-0.3, -0.25) is 14.4 Å². The van der Waals surface area contributed by atoms with Crippen molar-refractivity contribution in [1.82, 2.24) is 9.80 Å². The van der Waals surface area contributed by atoms with Crippen LogP contribution in [-0.4, -0.2) is 91.5 Å². The quantitative estimate of drug-likeness (QED) is 0.600. The van der Waals surface area contributed by atoms with Crippen molar-refractivity contribution in [2.24, 2.45) is 11.8 Å². The molecule has 1 aromatic carbocycles. The second kappa shape index (κ2) is 9.77. The van der Waals surface area contributed by atoms with Crippen molar-refractivity contribution in [1.29, 1.82) is 0 Å². The molecule has 4 rings (SSSR count). The number of aliphatic carboxylic acids is 1. The molecule has 1 saturated carbocycles. The molecular formula is C23H28ClF2N3O6S. The predicted molar refractivity (Wildman–Crippen MR) is 127 cm³/mol. The van der Waals surface area contributed by atoms with Gasteiger partial charge in [0.25, 0.3) is 5.92 Å². The first-order valence-electron chi connectivity index (χ1n) is 11.7. The minimum absolute atomic E-state index is 0.0134. The van der Waals surface area contributed by atoms with Crippen LogP contribution in [0.4, 0.5) is 14.5 Å². The maximum absolute atomic E-state index is 13.6. The van der Waals surface area contributed by atoms with Gasteiger partial charge in [-0.1, -0.05) is 11.6 Å². The monoisotopic (exact) mass is 547 g/mol. The third kappa shape index (κ3) is 5.15. The highest BCUT2D eigenvalue weighted by Gasteiger charge is 2.51. The summed E-state index contributed by atoms with van der Waals surface area (Å²) in [5.74, 6) is -7.62. The normalized spacial score (nSPS) is 26.3. The molecular weight excluding hydrogens is 520 g/mol. The van der Waals surface area contributed by atoms with E-state index in [4.69, 9.17) is 11.6 Å². The Hall–Kier alpha value is -2.47. The van der Waals surface area contributed by atoms with Crippen LogP contribution >= 0.6 is 11.6 Å². The van der Waals surface area contributed by atoms with Crippen LogP contribution in [0.5, 0.6) is 0 Å². The highest BCUT2D eigenvalue weighted by Crippen LogP contribution is 2.42. The number of sulfone groups is 1. The fraction of sp³-hybridized carbons (Fsp3) is 0.609. The first-order chi connectivity index (χ1) is 16.8. The van der Waals surface area contributed by atoms with Crippen molar-refractivity contribution in [2.45, 2.75) is 42.3 Å². The molecule has 2 saturated heterocycles. The van der Waals surface area contributed by atoms with Crippen LogP contribution in [0.25, 0.3) is 0 Å². The number of carboxylic acids is 1. The zero-order chi connectivity index (χ0) is 26.4. The number of carboxylic acid groups (broad SMARTS) is 1. The molecule has 0 spiro atoms. The van der Waals surface area contributed by atoms with Crippen LogP contribution < -0.4 is 4.90 Å². The summed E-state index contributed by atoms with van der Waals surface area (Å²) >= 11 is 6.38. The van der Waals surface area contributed by atoms with Crippen LogP contribution in [0.15, 0.2) is 23.1 Å². The Kier molecular flexibility index (Phi) is 7.22. The Bertz CT molecular complexity index is 1170. The molecule has 3 fully saturated rings. The maximum atomic E-state index is 13.6. The number of carbonyl (C=O) groups is 3. The Morgan fingerprint density at radius 2 is 1.67 bits per heavy atom. The molecule has 0 unspecified atom stereocenters. The van der Waals surface area contributed by atoms with Gasteiger partial charge in [0.05, 0.1) is 33.5 Å². The van der Waals surface area contributed by atoms with E-state index in [1.165, 1.54) is 19.1 Å². The number of hydrogen-bond donors (Lipinski definition) is 1. The minimum Gasteiger partial charge on any atom is -0.481 e. The average molecular weight is 548 g/mol. The number of halogens is 3. The average Bonchev–Trinajstić information content (AvgIpc) is 3.42. The molecule has 36 heavy (non-hydrogen) atoms. The van der Waals surface area contributed by atoms with Crippen molar-refractivity contribution in [3.63, 3.8) is 0 Å². The second-order valence-corrected chi connectivity index (χ2v) is 12.3. The molecule has 0 aromatic heterocycles. The van der Waals surface area contributed by atoms with Crippen molar-refractivity contribution in [3.8, 4) is 0 Å². The summed E-state index contributed by atoms with van der Waals surface area (Å²) in [7, 11) is -4.10. The number of piperazine rings is 1. The number of nitrogens with zero attached hydrogens (tertiary/aromatic N) is 3. The Balaban J connectivity index is 1.51. The molecule has 0 radical (unpaired) electrons. The number of carbonyl (C=O) groups excluding carboxylic acids is 2. The zero-order valence-electron chi connectivity index (χ0n) is 19.7. The lowest BCUT2D eigenvalue weighted by molar-refractivity contribution is -0.149. The number of likely N-dealkylation sites (tertiary alicyclic amines) is 1. The van der Waals surface area contributed by atoms with E-state index in [2.05, 4.69) is 0 Å². The smallest absolute Gasteiger partial charge is 0.307 e. The van der Waals surface area contributed by atoms with E-state index in [0.717, 1.165) is 4.90 Å². The molecule has 2 heterocycles. The van der Waals surface area contributed by atoms with Gasteiger partial charge in [0.2, 0.25) is 11.8 Å². The number of hydrogen-bond acceptors (Lipinski definition) is 6. The number of rotatable bonds is 5. The van der Waals surface area contributed by atoms with E-state index in [-0.39, 0.29) is 35.2 Å². The molecule has 198 valence electrons. The SMILES string of the molecule is CC(=O)N1CCN(c2ccc(S(=O)(=O)[C@@H]3C[C@@H](C(=O)O)[C@H](C(=O)N4CCC(F)(F)C4)C3)c(Cl)c2)CC1. The van der Waals surface area contributed by atoms with Crippen molar-refractivity contribution >= 4 is 44.9 Å². The first-order valence-corrected chi connectivity index (χ1v) is 13.7. The van der Waals surface area contributed by atoms with Crippen LogP contribution in [0.3, 0.4) is 0 Å². The van der Waals surface area contributed by atoms with E-state index in [1.807, 2.05) is 4.90 Å². The lowest BCUT2D eigenvalue weighted by Gasteiger charge is -2.35. The number of alkyl halides is 2. The van der Waals surface area contributed by atoms with Crippen LogP contribution in [0.1, 0.15) is 26.2 Å². The van der Waals surface area contributed by atoms with Gasteiger partial charge in [-0.2, -0.15) is 0 Å². The van der Waals surface area contributed by atoms with Crippen LogP contribution in [0, 0.1) is 11.8 Å². The zero-order valence-corrected chi connectivity index (χ0v) is 21.3. The number of benzene rings is 1. The lowest BCUT2D eigenvalue weighted by atomic mass is 9.95. The molecule has 0 bridgehead atoms. The third-order valence-electron chi connectivity index (χ3n) is 7.39. The van der Waals surface area contributed by atoms with E-state index in [1.54, 1.807) is 11.0 Å². The van der Waals surface area contributed by atoms with Crippen LogP contribution in [-0.2, 0) is 24.2 Å². The lowest BCUT2D eigenvalue weighted by Crippen LogP contribution is -2.48. The van der Waals surface area contributed by atoms with E-state index in [9.17, 15) is 36.7 Å². The Morgan fingerprint density at radius 1 is 1.03 bits per heavy atom. The number of anilines is 1. The molecule has 1 aromatic rings. The van der Waals surface area contributed by atoms with Crippen LogP contribution in [0.2, 0.25) is 5.02 Å². The highest BCUT2D eigenvalue weighted by atomic mass is 35.5. The summed E-state index contributed by atoms with van der Waals surface area (Å²) in [6.07, 6.45) is -1.08. The van der Waals surface area contributed by atoms with Gasteiger partial charge in [0.1, 0.15) is 0 Å². The van der Waals surface area contributed by atoms with Gasteiger partial charge in [0.15, 0.2) is 9.84 Å². The highest BCUT2D eigenvalue weighted by molar-refractivity contribution is 7.92. The summed E-state index contributed by atoms with van der Waals surface area (Å²) in [6, 6.07) is 4.51. The van der Waals surface area contributed by atoms with Gasteiger partial charge in [-0.15, -0.1) is 0 Å². The van der Waals surface area contributed by atoms with Crippen molar-refractivity contribution in [2.75, 3.05) is 44.2 Å². The molecule has 2 amide bonds. The molecule has 1 N–H and O–H groups in total. The molecule has 9 nitrogen and oxygen atoms in total. The second-order valence-electron chi connectivity index (χ2n) is 9.66. The van der Waals surface area contributed by atoms with E-state index in [0.29, 0.717) is 31.9 Å². The molecule has 1 aliphatic carbocycles. The molecule has 3 aliphatic rings. The minimum atomic E-state index is -4.10. The van der Waals surface area contributed by atoms with Gasteiger partial charge in [0, 0.05) is 51.8 Å². The summed E-state index contributed by atoms with van der Waals surface area (Å²) in [5, 5.41) is 8.44. The van der Waals surface area contributed by atoms with Crippen molar-refractivity contribution in [3.05, 3.63) is 23.2 Å². The maximum Gasteiger partial charge on any atom is 0.307 e. The standard InChI is InChI=1S/C23H28ClF2N3O6S/c1-14(30)27-6-8-28(9-7-27)15-2-3-20(19(24)10-15)36(34,35)16-11-17(18(12-16)22(32)33)21(31)29-5-4-23(25,26)13-29/h2-3,10,16-18H,4-9,11-13H2,1H3,(H,32,33)/t16-,17+,18+/m0/s1. The first kappa shape index (κ1) is 26.6. The van der Waals surface area contributed by atoms with Gasteiger partial charge < -0.3 is 19.8 Å². The molecule has 2 aliphatic heterocycles. The third-order valence-corrected chi connectivity index (χ3v) is 10.0. The largest absolute Gasteiger partial charge is 0.481 e. The summed E-state index contributed by atoms with van der Waals surface area (Å²) in [6.45, 7) is 2.70. The van der Waals surface area contributed by atoms with Gasteiger partial charge in [-0.05, 0) is 31.0 Å². The molecule has 3 atom stereocenters. The summed E-state index contributed by atoms with van der Waals surface area (Å²) in [4.78, 5) is 40.8. The molecule has 13 heteroatoms. The predicted octanol–water partition coefficient (Wildman–Crippen LogP) is 2.13. The fourth-order valence-electron chi connectivity index (χ4n) is 5.33. The summed E-state index contributed by atoms with van der Waals surface area (Å²) < 4.78 is 54.1. The Labute approximate surface area is 212 Å². The van der Waals surface area contributed by atoms with Gasteiger partial charge in [-0.25, -0.2) is 17.2 Å².